The lowest BCUT2D eigenvalue weighted by Gasteiger charge is -2.28. The maximum absolute atomic E-state index is 13.3. The van der Waals surface area contributed by atoms with Gasteiger partial charge in [0.25, 0.3) is 0 Å². The molecule has 2 rings (SSSR count). The van der Waals surface area contributed by atoms with Gasteiger partial charge in [-0.1, -0.05) is 12.1 Å². The lowest BCUT2D eigenvalue weighted by atomic mass is 9.91. The number of benzene rings is 1. The highest BCUT2D eigenvalue weighted by Crippen LogP contribution is 2.26. The quantitative estimate of drug-likeness (QED) is 0.906. The van der Waals surface area contributed by atoms with Crippen molar-refractivity contribution in [1.29, 1.82) is 0 Å². The van der Waals surface area contributed by atoms with Crippen LogP contribution in [0.1, 0.15) is 12.0 Å². The van der Waals surface area contributed by atoms with Crippen LogP contribution in [0, 0.1) is 11.7 Å². The lowest BCUT2D eigenvalue weighted by molar-refractivity contribution is -0.0351. The molecule has 1 saturated heterocycles. The molecule has 2 atom stereocenters. The van der Waals surface area contributed by atoms with Crippen LogP contribution < -0.4 is 0 Å². The fourth-order valence-electron chi connectivity index (χ4n) is 1.97. The second kappa shape index (κ2) is 5.25. The summed E-state index contributed by atoms with van der Waals surface area (Å²) in [6.07, 6.45) is 0.959. The molecule has 0 spiro atoms. The molecule has 0 radical (unpaired) electrons. The van der Waals surface area contributed by atoms with E-state index in [-0.39, 0.29) is 17.8 Å². The molecule has 88 valence electrons. The van der Waals surface area contributed by atoms with Gasteiger partial charge in [0.2, 0.25) is 0 Å². The Kier molecular flexibility index (Phi) is 3.95. The summed E-state index contributed by atoms with van der Waals surface area (Å²) in [5.74, 6) is -0.199. The molecule has 1 fully saturated rings. The summed E-state index contributed by atoms with van der Waals surface area (Å²) in [5.41, 5.74) is 0.884. The van der Waals surface area contributed by atoms with Crippen LogP contribution in [0.15, 0.2) is 22.7 Å². The van der Waals surface area contributed by atoms with Crippen LogP contribution >= 0.6 is 15.9 Å². The Morgan fingerprint density at radius 2 is 2.31 bits per heavy atom. The van der Waals surface area contributed by atoms with Gasteiger partial charge in [0.15, 0.2) is 0 Å². The van der Waals surface area contributed by atoms with Gasteiger partial charge in [-0.3, -0.25) is 0 Å². The molecule has 4 heteroatoms. The molecule has 1 heterocycles. The van der Waals surface area contributed by atoms with E-state index in [9.17, 15) is 9.50 Å². The summed E-state index contributed by atoms with van der Waals surface area (Å²) in [4.78, 5) is 0. The van der Waals surface area contributed by atoms with Crippen molar-refractivity contribution in [3.63, 3.8) is 0 Å². The predicted octanol–water partition coefficient (Wildman–Crippen LogP) is 2.53. The largest absolute Gasteiger partial charge is 0.393 e. The van der Waals surface area contributed by atoms with Gasteiger partial charge < -0.3 is 9.84 Å². The van der Waals surface area contributed by atoms with Crippen molar-refractivity contribution >= 4 is 15.9 Å². The highest BCUT2D eigenvalue weighted by Gasteiger charge is 2.24. The summed E-state index contributed by atoms with van der Waals surface area (Å²) in [6, 6.07) is 4.97. The summed E-state index contributed by atoms with van der Waals surface area (Å²) in [6.45, 7) is 1.16. The van der Waals surface area contributed by atoms with Gasteiger partial charge >= 0.3 is 0 Å². The monoisotopic (exact) mass is 288 g/mol. The lowest BCUT2D eigenvalue weighted by Crippen LogP contribution is -2.33. The van der Waals surface area contributed by atoms with Gasteiger partial charge in [0.05, 0.1) is 17.2 Å². The molecule has 1 aromatic rings. The van der Waals surface area contributed by atoms with E-state index in [1.54, 1.807) is 6.07 Å². The molecule has 0 aliphatic carbocycles. The Balaban J connectivity index is 2.10. The van der Waals surface area contributed by atoms with Crippen LogP contribution in [0.4, 0.5) is 4.39 Å². The molecule has 1 N–H and O–H groups in total. The highest BCUT2D eigenvalue weighted by molar-refractivity contribution is 9.10. The van der Waals surface area contributed by atoms with Gasteiger partial charge in [-0.05, 0) is 40.4 Å². The third-order valence-corrected chi connectivity index (χ3v) is 3.84. The van der Waals surface area contributed by atoms with E-state index in [2.05, 4.69) is 15.9 Å². The van der Waals surface area contributed by atoms with Gasteiger partial charge in [-0.15, -0.1) is 0 Å². The first-order valence-electron chi connectivity index (χ1n) is 5.37. The van der Waals surface area contributed by atoms with E-state index in [1.807, 2.05) is 6.07 Å². The van der Waals surface area contributed by atoms with E-state index in [0.717, 1.165) is 5.56 Å². The molecule has 1 aromatic carbocycles. The Hall–Kier alpha value is -0.450. The minimum absolute atomic E-state index is 0.0619. The molecule has 0 bridgehead atoms. The van der Waals surface area contributed by atoms with Crippen molar-refractivity contribution in [3.05, 3.63) is 34.1 Å². The minimum atomic E-state index is -0.344. The first-order valence-corrected chi connectivity index (χ1v) is 6.16. The van der Waals surface area contributed by atoms with E-state index < -0.39 is 0 Å². The second-order valence-electron chi connectivity index (χ2n) is 4.11. The number of aliphatic hydroxyl groups excluding tert-OH is 1. The van der Waals surface area contributed by atoms with E-state index in [4.69, 9.17) is 4.74 Å². The molecule has 1 aliphatic rings. The van der Waals surface area contributed by atoms with Crippen LogP contribution in [0.5, 0.6) is 0 Å². The average molecular weight is 289 g/mol. The molecule has 0 aromatic heterocycles. The number of rotatable bonds is 2. The fraction of sp³-hybridized carbons (Fsp3) is 0.500. The zero-order chi connectivity index (χ0) is 11.5. The summed E-state index contributed by atoms with van der Waals surface area (Å²) in [7, 11) is 0. The molecule has 1 aliphatic heterocycles. The zero-order valence-electron chi connectivity index (χ0n) is 8.83. The normalized spacial score (nSPS) is 25.7. The Labute approximate surface area is 103 Å². The minimum Gasteiger partial charge on any atom is -0.393 e. The fourth-order valence-corrected chi connectivity index (χ4v) is 2.40. The Morgan fingerprint density at radius 1 is 1.50 bits per heavy atom. The molecule has 0 saturated carbocycles. The summed E-state index contributed by atoms with van der Waals surface area (Å²) < 4.78 is 19.1. The maximum atomic E-state index is 13.3. The highest BCUT2D eigenvalue weighted by atomic mass is 79.9. The smallest absolute Gasteiger partial charge is 0.137 e. The Bertz CT molecular complexity index is 370. The van der Waals surface area contributed by atoms with Gasteiger partial charge in [-0.25, -0.2) is 4.39 Å². The standard InChI is InChI=1S/C12H14BrFO2/c13-12-8(2-1-3-10(12)14)6-9-7-16-5-4-11(9)15/h1-3,9,11,15H,4-7H2. The molecule has 16 heavy (non-hydrogen) atoms. The van der Waals surface area contributed by atoms with Crippen molar-refractivity contribution in [2.75, 3.05) is 13.2 Å². The average Bonchev–Trinajstić information content (AvgIpc) is 2.28. The number of ether oxygens (including phenoxy) is 1. The molecule has 2 unspecified atom stereocenters. The number of halogens is 2. The van der Waals surface area contributed by atoms with Gasteiger partial charge in [0.1, 0.15) is 5.82 Å². The SMILES string of the molecule is OC1CCOCC1Cc1cccc(F)c1Br. The van der Waals surface area contributed by atoms with Crippen LogP contribution in [0.3, 0.4) is 0 Å². The van der Waals surface area contributed by atoms with Gasteiger partial charge in [0, 0.05) is 12.5 Å². The van der Waals surface area contributed by atoms with Crippen LogP contribution in [0.2, 0.25) is 0 Å². The maximum Gasteiger partial charge on any atom is 0.137 e. The number of aliphatic hydroxyl groups is 1. The van der Waals surface area contributed by atoms with Crippen molar-refractivity contribution in [2.24, 2.45) is 5.92 Å². The number of hydrogen-bond donors (Lipinski definition) is 1. The van der Waals surface area contributed by atoms with Crippen molar-refractivity contribution < 1.29 is 14.2 Å². The Morgan fingerprint density at radius 3 is 3.06 bits per heavy atom. The molecule has 0 amide bonds. The van der Waals surface area contributed by atoms with Crippen molar-refractivity contribution in [1.82, 2.24) is 0 Å². The van der Waals surface area contributed by atoms with E-state index in [0.29, 0.717) is 30.5 Å². The predicted molar refractivity (Wildman–Crippen MR) is 62.7 cm³/mol. The zero-order valence-corrected chi connectivity index (χ0v) is 10.4. The third kappa shape index (κ3) is 2.62. The van der Waals surface area contributed by atoms with E-state index >= 15 is 0 Å². The number of hydrogen-bond acceptors (Lipinski definition) is 2. The van der Waals surface area contributed by atoms with E-state index in [1.165, 1.54) is 6.07 Å². The molecule has 2 nitrogen and oxygen atoms in total. The summed E-state index contributed by atoms with van der Waals surface area (Å²) >= 11 is 3.23. The van der Waals surface area contributed by atoms with Crippen molar-refractivity contribution in [3.8, 4) is 0 Å². The second-order valence-corrected chi connectivity index (χ2v) is 4.90. The topological polar surface area (TPSA) is 29.5 Å². The first kappa shape index (κ1) is 12.0. The molecular weight excluding hydrogens is 275 g/mol. The summed E-state index contributed by atoms with van der Waals surface area (Å²) in [5, 5.41) is 9.80. The van der Waals surface area contributed by atoms with Crippen LogP contribution in [0.25, 0.3) is 0 Å². The van der Waals surface area contributed by atoms with Crippen molar-refractivity contribution in [2.45, 2.75) is 18.9 Å². The van der Waals surface area contributed by atoms with Crippen LogP contribution in [-0.2, 0) is 11.2 Å². The van der Waals surface area contributed by atoms with Gasteiger partial charge in [-0.2, -0.15) is 0 Å². The van der Waals surface area contributed by atoms with Crippen LogP contribution in [-0.4, -0.2) is 24.4 Å². The molecular formula is C12H14BrFO2. The third-order valence-electron chi connectivity index (χ3n) is 2.95. The first-order chi connectivity index (χ1) is 7.68.